The van der Waals surface area contributed by atoms with Crippen LogP contribution in [0.15, 0.2) is 109 Å². The number of benzene rings is 4. The number of hydrogen-bond acceptors (Lipinski definition) is 11. The summed E-state index contributed by atoms with van der Waals surface area (Å²) in [4.78, 5) is 26.3. The number of aliphatic hydroxyl groups excluding tert-OH is 1. The lowest BCUT2D eigenvalue weighted by Gasteiger charge is -2.28. The number of aromatic nitrogens is 4. The van der Waals surface area contributed by atoms with Gasteiger partial charge in [-0.2, -0.15) is 15.1 Å². The number of nitrogens with two attached hydrogens (primary N) is 1. The molecule has 6 aromatic rings. The highest BCUT2D eigenvalue weighted by Crippen LogP contribution is 2.51. The second kappa shape index (κ2) is 15.2. The minimum absolute atomic E-state index is 0.00363. The Bertz CT molecular complexity index is 2190. The van der Waals surface area contributed by atoms with Gasteiger partial charge in [-0.3, -0.25) is 13.9 Å². The molecule has 0 radical (unpaired) electrons. The number of rotatable bonds is 13. The molecule has 0 amide bonds. The van der Waals surface area contributed by atoms with Gasteiger partial charge in [0.05, 0.1) is 12.9 Å². The number of esters is 1. The molecule has 4 aromatic carbocycles. The van der Waals surface area contributed by atoms with E-state index in [1.807, 2.05) is 91.0 Å². The normalized spacial score (nSPS) is 19.1. The standard InChI is InChI=1S/C36H34ClN6O7P/c37-36-40-33(38)32-34(41-36)43(22-39-32)31-19-29(30(20-44)48-31)50-51(46,49-28-17-9-15-25-14-7-8-16-26(25)28)42-27(18-23-10-3-1-4-11-23)35(45)47-21-24-12-5-2-6-13-24/h1-17,22,27,29-31,44H,18-21H2,(H,42,46)(H2,38,40,41)/t27-,29+,30?,31+,51?/m0/s1. The van der Waals surface area contributed by atoms with E-state index in [-0.39, 0.29) is 36.3 Å². The fourth-order valence-corrected chi connectivity index (χ4v) is 7.88. The average Bonchev–Trinajstić information content (AvgIpc) is 3.75. The highest BCUT2D eigenvalue weighted by atomic mass is 35.5. The number of carbonyl (C=O) groups excluding carboxylic acids is 1. The molecule has 13 nitrogen and oxygen atoms in total. The van der Waals surface area contributed by atoms with E-state index < -0.39 is 44.8 Å². The molecular formula is C36H34ClN6O7P. The summed E-state index contributed by atoms with van der Waals surface area (Å²) in [6, 6.07) is 30.1. The van der Waals surface area contributed by atoms with Crippen LogP contribution in [0.25, 0.3) is 21.9 Å². The molecule has 2 aromatic heterocycles. The largest absolute Gasteiger partial charge is 0.460 e. The predicted octanol–water partition coefficient (Wildman–Crippen LogP) is 6.01. The van der Waals surface area contributed by atoms with Gasteiger partial charge in [0, 0.05) is 11.8 Å². The van der Waals surface area contributed by atoms with Crippen molar-refractivity contribution in [3.05, 3.63) is 126 Å². The van der Waals surface area contributed by atoms with E-state index in [2.05, 4.69) is 20.0 Å². The number of fused-ring (bicyclic) bond motifs is 2. The summed E-state index contributed by atoms with van der Waals surface area (Å²) in [5.74, 6) is -0.307. The van der Waals surface area contributed by atoms with Gasteiger partial charge in [0.2, 0.25) is 5.28 Å². The molecule has 0 aliphatic carbocycles. The van der Waals surface area contributed by atoms with E-state index in [0.29, 0.717) is 16.6 Å². The van der Waals surface area contributed by atoms with Crippen LogP contribution in [-0.4, -0.2) is 55.5 Å². The first-order valence-electron chi connectivity index (χ1n) is 16.2. The number of halogens is 1. The highest BCUT2D eigenvalue weighted by molar-refractivity contribution is 7.52. The van der Waals surface area contributed by atoms with Crippen LogP contribution in [0, 0.1) is 0 Å². The van der Waals surface area contributed by atoms with Crippen molar-refractivity contribution in [2.75, 3.05) is 12.3 Å². The molecular weight excluding hydrogens is 695 g/mol. The molecule has 262 valence electrons. The first kappa shape index (κ1) is 34.6. The Kier molecular flexibility index (Phi) is 10.3. The van der Waals surface area contributed by atoms with Gasteiger partial charge in [0.25, 0.3) is 0 Å². The summed E-state index contributed by atoms with van der Waals surface area (Å²) in [6.07, 6.45) is -1.05. The Hall–Kier alpha value is -4.88. The van der Waals surface area contributed by atoms with Crippen LogP contribution in [0.1, 0.15) is 23.8 Å². The van der Waals surface area contributed by atoms with Gasteiger partial charge in [-0.05, 0) is 40.6 Å². The van der Waals surface area contributed by atoms with Crippen LogP contribution in [0.2, 0.25) is 5.28 Å². The first-order valence-corrected chi connectivity index (χ1v) is 18.1. The van der Waals surface area contributed by atoms with Gasteiger partial charge in [-0.15, -0.1) is 0 Å². The SMILES string of the molecule is Nc1nc(Cl)nc2c1ncn2[C@H]1C[C@@H](OP(=O)(N[C@@H](Cc2ccccc2)C(=O)OCc2ccccc2)Oc2cccc3ccccc23)C(CO)O1. The Labute approximate surface area is 297 Å². The molecule has 1 saturated heterocycles. The fraction of sp³-hybridized carbons (Fsp3) is 0.222. The molecule has 0 spiro atoms. The molecule has 15 heteroatoms. The monoisotopic (exact) mass is 728 g/mol. The Morgan fingerprint density at radius 1 is 1.00 bits per heavy atom. The zero-order valence-corrected chi connectivity index (χ0v) is 28.8. The number of nitrogen functional groups attached to an aromatic ring is 1. The van der Waals surface area contributed by atoms with E-state index in [1.54, 1.807) is 16.7 Å². The number of nitrogens with one attached hydrogen (secondary N) is 1. The Morgan fingerprint density at radius 2 is 1.71 bits per heavy atom. The van der Waals surface area contributed by atoms with Crippen molar-refractivity contribution in [1.82, 2.24) is 24.6 Å². The van der Waals surface area contributed by atoms with Crippen LogP contribution in [0.5, 0.6) is 5.75 Å². The van der Waals surface area contributed by atoms with Crippen molar-refractivity contribution < 1.29 is 33.0 Å². The van der Waals surface area contributed by atoms with E-state index in [9.17, 15) is 9.90 Å². The van der Waals surface area contributed by atoms with Gasteiger partial charge >= 0.3 is 13.7 Å². The maximum Gasteiger partial charge on any atom is 0.459 e. The first-order chi connectivity index (χ1) is 24.8. The third-order valence-corrected chi connectivity index (χ3v) is 10.2. The lowest BCUT2D eigenvalue weighted by Crippen LogP contribution is -2.41. The summed E-state index contributed by atoms with van der Waals surface area (Å²) < 4.78 is 41.2. The van der Waals surface area contributed by atoms with Crippen molar-refractivity contribution in [2.45, 2.75) is 43.9 Å². The highest BCUT2D eigenvalue weighted by Gasteiger charge is 2.45. The number of anilines is 1. The molecule has 1 aliphatic heterocycles. The van der Waals surface area contributed by atoms with Crippen molar-refractivity contribution >= 4 is 53.1 Å². The predicted molar refractivity (Wildman–Crippen MR) is 191 cm³/mol. The van der Waals surface area contributed by atoms with Crippen LogP contribution < -0.4 is 15.3 Å². The average molecular weight is 729 g/mol. The maximum absolute atomic E-state index is 15.1. The van der Waals surface area contributed by atoms with Gasteiger partial charge in [0.15, 0.2) is 11.5 Å². The number of hydrogen-bond donors (Lipinski definition) is 3. The Balaban J connectivity index is 1.22. The third kappa shape index (κ3) is 7.89. The van der Waals surface area contributed by atoms with Crippen molar-refractivity contribution in [1.29, 1.82) is 0 Å². The molecule has 2 unspecified atom stereocenters. The molecule has 51 heavy (non-hydrogen) atoms. The molecule has 3 heterocycles. The van der Waals surface area contributed by atoms with Crippen LogP contribution in [-0.2, 0) is 36.4 Å². The summed E-state index contributed by atoms with van der Waals surface area (Å²) >= 11 is 6.09. The van der Waals surface area contributed by atoms with E-state index in [4.69, 9.17) is 35.9 Å². The molecule has 0 bridgehead atoms. The summed E-state index contributed by atoms with van der Waals surface area (Å²) in [6.45, 7) is -0.476. The summed E-state index contributed by atoms with van der Waals surface area (Å²) in [7, 11) is -4.49. The molecule has 5 atom stereocenters. The van der Waals surface area contributed by atoms with Crippen LogP contribution >= 0.6 is 19.3 Å². The number of imidazole rings is 1. The zero-order chi connectivity index (χ0) is 35.4. The lowest BCUT2D eigenvalue weighted by molar-refractivity contribution is -0.147. The third-order valence-electron chi connectivity index (χ3n) is 8.44. The molecule has 1 aliphatic rings. The lowest BCUT2D eigenvalue weighted by atomic mass is 10.1. The maximum atomic E-state index is 15.1. The smallest absolute Gasteiger partial charge is 0.459 e. The van der Waals surface area contributed by atoms with E-state index in [1.165, 1.54) is 6.33 Å². The topological polar surface area (TPSA) is 173 Å². The number of aliphatic hydroxyl groups is 1. The Morgan fingerprint density at radius 3 is 2.47 bits per heavy atom. The molecule has 4 N–H and O–H groups in total. The minimum Gasteiger partial charge on any atom is -0.460 e. The van der Waals surface area contributed by atoms with Gasteiger partial charge in [0.1, 0.15) is 42.4 Å². The zero-order valence-electron chi connectivity index (χ0n) is 27.1. The van der Waals surface area contributed by atoms with Crippen LogP contribution in [0.4, 0.5) is 5.82 Å². The number of carbonyl (C=O) groups is 1. The van der Waals surface area contributed by atoms with Gasteiger partial charge in [-0.25, -0.2) is 9.55 Å². The quantitative estimate of drug-likeness (QED) is 0.0719. The summed E-state index contributed by atoms with van der Waals surface area (Å²) in [5.41, 5.74) is 8.21. The molecule has 1 fully saturated rings. The van der Waals surface area contributed by atoms with Gasteiger partial charge < -0.3 is 24.8 Å². The number of ether oxygens (including phenoxy) is 2. The molecule has 7 rings (SSSR count). The second-order valence-electron chi connectivity index (χ2n) is 11.9. The van der Waals surface area contributed by atoms with Crippen molar-refractivity contribution in [2.24, 2.45) is 0 Å². The minimum atomic E-state index is -4.49. The van der Waals surface area contributed by atoms with Crippen molar-refractivity contribution in [3.63, 3.8) is 0 Å². The van der Waals surface area contributed by atoms with E-state index >= 15 is 4.57 Å². The fourth-order valence-electron chi connectivity index (χ4n) is 5.98. The number of nitrogens with zero attached hydrogens (tertiary/aromatic N) is 4. The van der Waals surface area contributed by atoms with Gasteiger partial charge in [-0.1, -0.05) is 97.1 Å². The summed E-state index contributed by atoms with van der Waals surface area (Å²) in [5, 5.41) is 14.8. The second-order valence-corrected chi connectivity index (χ2v) is 13.9. The van der Waals surface area contributed by atoms with E-state index in [0.717, 1.165) is 16.5 Å². The molecule has 0 saturated carbocycles. The van der Waals surface area contributed by atoms with Crippen LogP contribution in [0.3, 0.4) is 0 Å². The van der Waals surface area contributed by atoms with Crippen molar-refractivity contribution in [3.8, 4) is 5.75 Å².